The molecule has 0 aliphatic rings. The fourth-order valence-corrected chi connectivity index (χ4v) is 3.59. The van der Waals surface area contributed by atoms with Crippen molar-refractivity contribution in [2.45, 2.75) is 9.92 Å². The lowest BCUT2D eigenvalue weighted by Gasteiger charge is -2.06. The van der Waals surface area contributed by atoms with Gasteiger partial charge in [-0.1, -0.05) is 11.8 Å². The number of rotatable bonds is 7. The van der Waals surface area contributed by atoms with Crippen LogP contribution in [0.25, 0.3) is 5.82 Å². The maximum Gasteiger partial charge on any atom is 0.271 e. The monoisotopic (exact) mass is 446 g/mol. The topological polar surface area (TPSA) is 136 Å². The second-order valence-corrected chi connectivity index (χ2v) is 9.12. The van der Waals surface area contributed by atoms with Crippen molar-refractivity contribution in [1.29, 1.82) is 0 Å². The zero-order chi connectivity index (χ0) is 21.7. The number of nitrogens with zero attached hydrogens (tertiary/aromatic N) is 4. The summed E-state index contributed by atoms with van der Waals surface area (Å²) in [6.07, 6.45) is 4.12. The van der Waals surface area contributed by atoms with Gasteiger partial charge in [0.25, 0.3) is 5.91 Å². The third-order valence-corrected chi connectivity index (χ3v) is 5.90. The van der Waals surface area contributed by atoms with Crippen molar-refractivity contribution in [3.05, 3.63) is 54.6 Å². The summed E-state index contributed by atoms with van der Waals surface area (Å²) in [5, 5.41) is 13.9. The normalized spacial score (nSPS) is 11.1. The zero-order valence-corrected chi connectivity index (χ0v) is 17.7. The predicted molar refractivity (Wildman–Crippen MR) is 111 cm³/mol. The van der Waals surface area contributed by atoms with Crippen molar-refractivity contribution < 1.29 is 18.0 Å². The molecule has 30 heavy (non-hydrogen) atoms. The molecule has 0 saturated heterocycles. The standard InChI is InChI=1S/C18H18N6O4S2/c1-19-18(26)14-9-24(11-20-14)15-7-8-17(23-22-15)29-10-16(25)21-12-3-5-13(6-4-12)30(2,27)28/h3-9,11H,10H2,1-2H3,(H,19,26)(H,21,25). The van der Waals surface area contributed by atoms with Crippen LogP contribution in [0.1, 0.15) is 10.5 Å². The number of sulfone groups is 1. The first-order chi connectivity index (χ1) is 14.3. The van der Waals surface area contributed by atoms with Crippen molar-refractivity contribution in [3.8, 4) is 5.82 Å². The number of nitrogens with one attached hydrogen (secondary N) is 2. The number of hydrogen-bond acceptors (Lipinski definition) is 8. The quantitative estimate of drug-likeness (QED) is 0.516. The van der Waals surface area contributed by atoms with E-state index in [9.17, 15) is 18.0 Å². The van der Waals surface area contributed by atoms with Crippen LogP contribution in [0.3, 0.4) is 0 Å². The van der Waals surface area contributed by atoms with Crippen LogP contribution in [0, 0.1) is 0 Å². The van der Waals surface area contributed by atoms with E-state index in [2.05, 4.69) is 25.8 Å². The van der Waals surface area contributed by atoms with Gasteiger partial charge in [0, 0.05) is 25.2 Å². The number of carbonyl (C=O) groups excluding carboxylic acids is 2. The van der Waals surface area contributed by atoms with Gasteiger partial charge >= 0.3 is 0 Å². The average molecular weight is 447 g/mol. The van der Waals surface area contributed by atoms with E-state index in [-0.39, 0.29) is 28.2 Å². The Bertz CT molecular complexity index is 1160. The van der Waals surface area contributed by atoms with Crippen molar-refractivity contribution in [2.75, 3.05) is 24.4 Å². The van der Waals surface area contributed by atoms with Crippen molar-refractivity contribution in [3.63, 3.8) is 0 Å². The number of carbonyl (C=O) groups is 2. The molecule has 0 saturated carbocycles. The first-order valence-electron chi connectivity index (χ1n) is 8.59. The molecule has 0 spiro atoms. The molecule has 10 nitrogen and oxygen atoms in total. The number of thioether (sulfide) groups is 1. The molecule has 2 heterocycles. The summed E-state index contributed by atoms with van der Waals surface area (Å²) >= 11 is 1.20. The molecule has 2 N–H and O–H groups in total. The third-order valence-electron chi connectivity index (χ3n) is 3.85. The number of benzene rings is 1. The van der Waals surface area contributed by atoms with Crippen LogP contribution in [-0.2, 0) is 14.6 Å². The summed E-state index contributed by atoms with van der Waals surface area (Å²) in [7, 11) is -1.76. The molecule has 0 aliphatic heterocycles. The smallest absolute Gasteiger partial charge is 0.271 e. The summed E-state index contributed by atoms with van der Waals surface area (Å²) in [4.78, 5) is 27.8. The molecule has 1 aromatic carbocycles. The highest BCUT2D eigenvalue weighted by Crippen LogP contribution is 2.17. The predicted octanol–water partition coefficient (Wildman–Crippen LogP) is 1.16. The summed E-state index contributed by atoms with van der Waals surface area (Å²) in [5.41, 5.74) is 0.764. The SMILES string of the molecule is CNC(=O)c1cn(-c2ccc(SCC(=O)Nc3ccc(S(C)(=O)=O)cc3)nn2)cn1. The molecular formula is C18H18N6O4S2. The molecule has 3 aromatic rings. The fourth-order valence-electron chi connectivity index (χ4n) is 2.34. The van der Waals surface area contributed by atoms with E-state index in [1.165, 1.54) is 55.6 Å². The summed E-state index contributed by atoms with van der Waals surface area (Å²) in [6.45, 7) is 0. The Morgan fingerprint density at radius 1 is 1.10 bits per heavy atom. The van der Waals surface area contributed by atoms with Gasteiger partial charge in [-0.2, -0.15) is 0 Å². The average Bonchev–Trinajstić information content (AvgIpc) is 3.22. The minimum Gasteiger partial charge on any atom is -0.354 e. The second-order valence-electron chi connectivity index (χ2n) is 6.11. The van der Waals surface area contributed by atoms with E-state index >= 15 is 0 Å². The van der Waals surface area contributed by atoms with Crippen LogP contribution in [0.5, 0.6) is 0 Å². The lowest BCUT2D eigenvalue weighted by atomic mass is 10.3. The van der Waals surface area contributed by atoms with Crippen molar-refractivity contribution in [1.82, 2.24) is 25.1 Å². The molecule has 2 amide bonds. The molecular weight excluding hydrogens is 428 g/mol. The Morgan fingerprint density at radius 3 is 2.43 bits per heavy atom. The van der Waals surface area contributed by atoms with E-state index in [0.29, 0.717) is 16.5 Å². The second kappa shape index (κ2) is 9.05. The van der Waals surface area contributed by atoms with Crippen LogP contribution < -0.4 is 10.6 Å². The maximum atomic E-state index is 12.1. The summed E-state index contributed by atoms with van der Waals surface area (Å²) < 4.78 is 24.5. The molecule has 0 radical (unpaired) electrons. The minimum atomic E-state index is -3.28. The van der Waals surface area contributed by atoms with E-state index in [1.807, 2.05) is 0 Å². The van der Waals surface area contributed by atoms with E-state index < -0.39 is 9.84 Å². The van der Waals surface area contributed by atoms with Gasteiger partial charge in [0.2, 0.25) is 5.91 Å². The Hall–Kier alpha value is -3.25. The minimum absolute atomic E-state index is 0.105. The molecule has 0 aliphatic carbocycles. The van der Waals surface area contributed by atoms with Gasteiger partial charge in [0.05, 0.1) is 10.6 Å². The number of imidazole rings is 1. The van der Waals surface area contributed by atoms with Crippen LogP contribution in [0.4, 0.5) is 5.69 Å². The van der Waals surface area contributed by atoms with Gasteiger partial charge in [-0.15, -0.1) is 10.2 Å². The third kappa shape index (κ3) is 5.42. The molecule has 2 aromatic heterocycles. The van der Waals surface area contributed by atoms with Crippen LogP contribution in [0.2, 0.25) is 0 Å². The lowest BCUT2D eigenvalue weighted by Crippen LogP contribution is -2.18. The molecule has 12 heteroatoms. The van der Waals surface area contributed by atoms with E-state index in [1.54, 1.807) is 16.7 Å². The molecule has 0 fully saturated rings. The first-order valence-corrected chi connectivity index (χ1v) is 11.5. The van der Waals surface area contributed by atoms with Gasteiger partial charge in [0.1, 0.15) is 17.0 Å². The molecule has 0 bridgehead atoms. The van der Waals surface area contributed by atoms with Crippen molar-refractivity contribution in [2.24, 2.45) is 0 Å². The lowest BCUT2D eigenvalue weighted by molar-refractivity contribution is -0.113. The highest BCUT2D eigenvalue weighted by molar-refractivity contribution is 7.99. The Labute approximate surface area is 177 Å². The van der Waals surface area contributed by atoms with E-state index in [4.69, 9.17) is 0 Å². The van der Waals surface area contributed by atoms with Gasteiger partial charge in [-0.25, -0.2) is 13.4 Å². The highest BCUT2D eigenvalue weighted by atomic mass is 32.2. The first kappa shape index (κ1) is 21.5. The Kier molecular flexibility index (Phi) is 6.47. The highest BCUT2D eigenvalue weighted by Gasteiger charge is 2.10. The number of hydrogen-bond donors (Lipinski definition) is 2. The van der Waals surface area contributed by atoms with E-state index in [0.717, 1.165) is 6.26 Å². The van der Waals surface area contributed by atoms with Gasteiger partial charge in [-0.05, 0) is 36.4 Å². The largest absolute Gasteiger partial charge is 0.354 e. The van der Waals surface area contributed by atoms with Crippen LogP contribution in [0.15, 0.2) is 58.8 Å². The molecule has 0 unspecified atom stereocenters. The number of aromatic nitrogens is 4. The maximum absolute atomic E-state index is 12.1. The fraction of sp³-hybridized carbons (Fsp3) is 0.167. The molecule has 0 atom stereocenters. The molecule has 156 valence electrons. The van der Waals surface area contributed by atoms with Gasteiger partial charge in [-0.3, -0.25) is 14.2 Å². The Morgan fingerprint density at radius 2 is 1.83 bits per heavy atom. The number of amides is 2. The zero-order valence-electron chi connectivity index (χ0n) is 16.1. The van der Waals surface area contributed by atoms with Gasteiger partial charge in [0.15, 0.2) is 15.7 Å². The van der Waals surface area contributed by atoms with Gasteiger partial charge < -0.3 is 10.6 Å². The van der Waals surface area contributed by atoms with Crippen LogP contribution >= 0.6 is 11.8 Å². The number of anilines is 1. The molecule has 3 rings (SSSR count). The summed E-state index contributed by atoms with van der Waals surface area (Å²) in [6, 6.07) is 9.35. The summed E-state index contributed by atoms with van der Waals surface area (Å²) in [5.74, 6) is 0.0272. The van der Waals surface area contributed by atoms with Crippen molar-refractivity contribution >= 4 is 39.1 Å². The van der Waals surface area contributed by atoms with Crippen LogP contribution in [-0.4, -0.2) is 59.0 Å². The Balaban J connectivity index is 1.55.